The van der Waals surface area contributed by atoms with Crippen LogP contribution in [0, 0.1) is 5.92 Å². The molecule has 6 rings (SSSR count). The summed E-state index contributed by atoms with van der Waals surface area (Å²) >= 11 is 0. The molecule has 1 saturated carbocycles. The van der Waals surface area contributed by atoms with Crippen molar-refractivity contribution in [2.24, 2.45) is 5.92 Å². The molecular weight excluding hydrogens is 436 g/mol. The molecule has 0 atom stereocenters. The van der Waals surface area contributed by atoms with E-state index in [1.54, 1.807) is 0 Å². The standard InChI is InChI=1S/C29H26N4O2/c34-27(16-19-6-4-5-7-19)30-24-14-12-21(13-15-24)28-32-29(35-33-28)23-11-10-22-17-25(31-26(22)18-23)20-8-2-1-3-9-20/h1-3,8-15,17-19,31H,4-7,16H2,(H,30,34). The summed E-state index contributed by atoms with van der Waals surface area (Å²) in [6.07, 6.45) is 5.42. The number of nitrogens with zero attached hydrogens (tertiary/aromatic N) is 2. The number of carbonyl (C=O) groups excluding carboxylic acids is 1. The SMILES string of the molecule is O=C(CC1CCCC1)Nc1ccc(-c2noc(-c3ccc4cc(-c5ccccc5)[nH]c4c3)n2)cc1. The lowest BCUT2D eigenvalue weighted by Gasteiger charge is -2.09. The lowest BCUT2D eigenvalue weighted by Crippen LogP contribution is -2.14. The Hall–Kier alpha value is -4.19. The molecule has 0 unspecified atom stereocenters. The van der Waals surface area contributed by atoms with E-state index in [1.807, 2.05) is 54.6 Å². The van der Waals surface area contributed by atoms with Crippen LogP contribution in [0.2, 0.25) is 0 Å². The Morgan fingerprint density at radius 2 is 1.69 bits per heavy atom. The van der Waals surface area contributed by atoms with E-state index in [2.05, 4.69) is 44.7 Å². The van der Waals surface area contributed by atoms with E-state index in [9.17, 15) is 4.79 Å². The van der Waals surface area contributed by atoms with Gasteiger partial charge in [-0.25, -0.2) is 0 Å². The molecule has 1 aliphatic carbocycles. The second-order valence-corrected chi connectivity index (χ2v) is 9.25. The van der Waals surface area contributed by atoms with Crippen LogP contribution in [0.5, 0.6) is 0 Å². The van der Waals surface area contributed by atoms with Crippen LogP contribution in [0.1, 0.15) is 32.1 Å². The lowest BCUT2D eigenvalue weighted by atomic mass is 10.0. The van der Waals surface area contributed by atoms with Crippen molar-refractivity contribution < 1.29 is 9.32 Å². The van der Waals surface area contributed by atoms with Crippen molar-refractivity contribution in [3.8, 4) is 34.1 Å². The molecule has 0 bridgehead atoms. The molecule has 0 spiro atoms. The Bertz CT molecular complexity index is 1460. The molecule has 6 heteroatoms. The topological polar surface area (TPSA) is 83.8 Å². The van der Waals surface area contributed by atoms with Gasteiger partial charge in [-0.3, -0.25) is 4.79 Å². The summed E-state index contributed by atoms with van der Waals surface area (Å²) in [5.41, 5.74) is 5.70. The number of aromatic nitrogens is 3. The number of hydrogen-bond donors (Lipinski definition) is 2. The van der Waals surface area contributed by atoms with Crippen LogP contribution < -0.4 is 5.32 Å². The van der Waals surface area contributed by atoms with E-state index >= 15 is 0 Å². The second-order valence-electron chi connectivity index (χ2n) is 9.25. The van der Waals surface area contributed by atoms with Crippen LogP contribution in [0.3, 0.4) is 0 Å². The van der Waals surface area contributed by atoms with Crippen molar-refractivity contribution in [1.29, 1.82) is 0 Å². The number of hydrogen-bond acceptors (Lipinski definition) is 4. The summed E-state index contributed by atoms with van der Waals surface area (Å²) in [4.78, 5) is 20.4. The fourth-order valence-corrected chi connectivity index (χ4v) is 4.88. The van der Waals surface area contributed by atoms with Crippen molar-refractivity contribution in [2.45, 2.75) is 32.1 Å². The van der Waals surface area contributed by atoms with Gasteiger partial charge in [0.1, 0.15) is 0 Å². The molecular formula is C29H26N4O2. The molecule has 2 heterocycles. The highest BCUT2D eigenvalue weighted by atomic mass is 16.5. The Kier molecular flexibility index (Phi) is 5.62. The number of benzene rings is 3. The zero-order valence-electron chi connectivity index (χ0n) is 19.3. The molecule has 35 heavy (non-hydrogen) atoms. The minimum Gasteiger partial charge on any atom is -0.355 e. The van der Waals surface area contributed by atoms with Gasteiger partial charge in [-0.1, -0.05) is 54.4 Å². The summed E-state index contributed by atoms with van der Waals surface area (Å²) in [6, 6.07) is 26.0. The van der Waals surface area contributed by atoms with Gasteiger partial charge in [0.05, 0.1) is 0 Å². The number of nitrogens with one attached hydrogen (secondary N) is 2. The minimum absolute atomic E-state index is 0.0848. The average Bonchev–Trinajstić information content (AvgIpc) is 3.65. The number of anilines is 1. The van der Waals surface area contributed by atoms with Crippen molar-refractivity contribution in [3.05, 3.63) is 78.9 Å². The van der Waals surface area contributed by atoms with Gasteiger partial charge in [-0.15, -0.1) is 0 Å². The fourth-order valence-electron chi connectivity index (χ4n) is 4.88. The van der Waals surface area contributed by atoms with Crippen molar-refractivity contribution >= 4 is 22.5 Å². The molecule has 2 N–H and O–H groups in total. The van der Waals surface area contributed by atoms with E-state index in [4.69, 9.17) is 4.52 Å². The summed E-state index contributed by atoms with van der Waals surface area (Å²) in [7, 11) is 0. The van der Waals surface area contributed by atoms with Crippen LogP contribution in [0.4, 0.5) is 5.69 Å². The van der Waals surface area contributed by atoms with E-state index in [0.717, 1.165) is 51.8 Å². The quantitative estimate of drug-likeness (QED) is 0.283. The largest absolute Gasteiger partial charge is 0.355 e. The fraction of sp³-hybridized carbons (Fsp3) is 0.207. The van der Waals surface area contributed by atoms with E-state index in [-0.39, 0.29) is 5.91 Å². The number of fused-ring (bicyclic) bond motifs is 1. The predicted molar refractivity (Wildman–Crippen MR) is 138 cm³/mol. The van der Waals surface area contributed by atoms with Gasteiger partial charge in [0, 0.05) is 39.8 Å². The molecule has 1 aliphatic rings. The van der Waals surface area contributed by atoms with Crippen molar-refractivity contribution in [2.75, 3.05) is 5.32 Å². The molecule has 5 aromatic rings. The van der Waals surface area contributed by atoms with E-state index in [1.165, 1.54) is 12.8 Å². The first-order valence-electron chi connectivity index (χ1n) is 12.1. The second kappa shape index (κ2) is 9.22. The minimum atomic E-state index is 0.0848. The molecule has 3 aromatic carbocycles. The first kappa shape index (κ1) is 21.4. The average molecular weight is 463 g/mol. The van der Waals surface area contributed by atoms with Crippen molar-refractivity contribution in [3.63, 3.8) is 0 Å². The molecule has 0 aliphatic heterocycles. The van der Waals surface area contributed by atoms with Crippen LogP contribution >= 0.6 is 0 Å². The van der Waals surface area contributed by atoms with Gasteiger partial charge in [-0.05, 0) is 66.8 Å². The maximum atomic E-state index is 12.3. The molecule has 2 aromatic heterocycles. The normalized spacial score (nSPS) is 13.9. The summed E-state index contributed by atoms with van der Waals surface area (Å²) < 4.78 is 5.57. The van der Waals surface area contributed by atoms with E-state index in [0.29, 0.717) is 24.1 Å². The van der Waals surface area contributed by atoms with Gasteiger partial charge in [0.25, 0.3) is 5.89 Å². The van der Waals surface area contributed by atoms with Crippen LogP contribution in [0.15, 0.2) is 83.4 Å². The Labute approximate surface area is 203 Å². The Morgan fingerprint density at radius 3 is 2.49 bits per heavy atom. The first-order chi connectivity index (χ1) is 17.2. The van der Waals surface area contributed by atoms with Gasteiger partial charge in [0.2, 0.25) is 11.7 Å². The van der Waals surface area contributed by atoms with Crippen molar-refractivity contribution in [1.82, 2.24) is 15.1 Å². The molecule has 0 radical (unpaired) electrons. The summed E-state index contributed by atoms with van der Waals surface area (Å²) in [5, 5.41) is 8.30. The summed E-state index contributed by atoms with van der Waals surface area (Å²) in [5.74, 6) is 1.59. The van der Waals surface area contributed by atoms with Gasteiger partial charge >= 0.3 is 0 Å². The van der Waals surface area contributed by atoms with E-state index < -0.39 is 0 Å². The molecule has 6 nitrogen and oxygen atoms in total. The third-order valence-electron chi connectivity index (χ3n) is 6.76. The zero-order valence-corrected chi connectivity index (χ0v) is 19.3. The van der Waals surface area contributed by atoms with Crippen LogP contribution in [-0.4, -0.2) is 21.0 Å². The zero-order chi connectivity index (χ0) is 23.6. The Balaban J connectivity index is 1.17. The maximum absolute atomic E-state index is 12.3. The highest BCUT2D eigenvalue weighted by Gasteiger charge is 2.18. The lowest BCUT2D eigenvalue weighted by molar-refractivity contribution is -0.117. The number of rotatable bonds is 6. The molecule has 1 fully saturated rings. The monoisotopic (exact) mass is 462 g/mol. The maximum Gasteiger partial charge on any atom is 0.258 e. The van der Waals surface area contributed by atoms with Gasteiger partial charge in [-0.2, -0.15) is 4.98 Å². The first-order valence-corrected chi connectivity index (χ1v) is 12.1. The third-order valence-corrected chi connectivity index (χ3v) is 6.76. The van der Waals surface area contributed by atoms with Crippen LogP contribution in [0.25, 0.3) is 45.0 Å². The highest BCUT2D eigenvalue weighted by Crippen LogP contribution is 2.30. The highest BCUT2D eigenvalue weighted by molar-refractivity contribution is 5.91. The Morgan fingerprint density at radius 1 is 0.914 bits per heavy atom. The predicted octanol–water partition coefficient (Wildman–Crippen LogP) is 7.07. The molecule has 1 amide bonds. The smallest absolute Gasteiger partial charge is 0.258 e. The van der Waals surface area contributed by atoms with Gasteiger partial charge < -0.3 is 14.8 Å². The third kappa shape index (κ3) is 4.60. The molecule has 174 valence electrons. The number of H-pyrrole nitrogens is 1. The molecule has 0 saturated heterocycles. The summed E-state index contributed by atoms with van der Waals surface area (Å²) in [6.45, 7) is 0. The van der Waals surface area contributed by atoms with Gasteiger partial charge in [0.15, 0.2) is 0 Å². The van der Waals surface area contributed by atoms with Crippen LogP contribution in [-0.2, 0) is 4.79 Å². The number of amides is 1. The number of carbonyl (C=O) groups is 1. The number of aromatic amines is 1.